The molecule has 84 valence electrons. The summed E-state index contributed by atoms with van der Waals surface area (Å²) in [7, 11) is 0. The van der Waals surface area contributed by atoms with Crippen molar-refractivity contribution in [3.8, 4) is 0 Å². The van der Waals surface area contributed by atoms with Crippen LogP contribution in [0.2, 0.25) is 5.02 Å². The zero-order valence-corrected chi connectivity index (χ0v) is 11.1. The lowest BCUT2D eigenvalue weighted by molar-refractivity contribution is 0.102. The van der Waals surface area contributed by atoms with Crippen molar-refractivity contribution >= 4 is 33.3 Å². The molecule has 0 saturated heterocycles. The molecule has 1 aliphatic rings. The van der Waals surface area contributed by atoms with Crippen LogP contribution in [0.3, 0.4) is 0 Å². The Kier molecular flexibility index (Phi) is 3.82. The molecule has 16 heavy (non-hydrogen) atoms. The summed E-state index contributed by atoms with van der Waals surface area (Å²) in [5.74, 6) is 0.128. The molecule has 0 bridgehead atoms. The van der Waals surface area contributed by atoms with Gasteiger partial charge in [-0.15, -0.1) is 0 Å². The predicted octanol–water partition coefficient (Wildman–Crippen LogP) is 4.79. The zero-order valence-electron chi connectivity index (χ0n) is 8.80. The van der Waals surface area contributed by atoms with Crippen molar-refractivity contribution in [2.24, 2.45) is 0 Å². The van der Waals surface area contributed by atoms with Crippen LogP contribution in [0.15, 0.2) is 34.3 Å². The van der Waals surface area contributed by atoms with Gasteiger partial charge in [0.2, 0.25) is 0 Å². The lowest BCUT2D eigenvalue weighted by Gasteiger charge is -2.12. The zero-order chi connectivity index (χ0) is 11.5. The van der Waals surface area contributed by atoms with E-state index in [0.717, 1.165) is 29.3 Å². The van der Waals surface area contributed by atoms with E-state index in [2.05, 4.69) is 22.0 Å². The van der Waals surface area contributed by atoms with E-state index in [1.807, 2.05) is 0 Å². The second kappa shape index (κ2) is 5.15. The number of allylic oxidation sites excluding steroid dienone is 2. The van der Waals surface area contributed by atoms with Gasteiger partial charge in [-0.2, -0.15) is 0 Å². The van der Waals surface area contributed by atoms with Gasteiger partial charge in [-0.1, -0.05) is 17.7 Å². The van der Waals surface area contributed by atoms with Gasteiger partial charge in [0.15, 0.2) is 5.78 Å². The molecule has 0 saturated carbocycles. The Hall–Kier alpha value is -0.600. The minimum atomic E-state index is 0.128. The summed E-state index contributed by atoms with van der Waals surface area (Å²) in [5, 5.41) is 0.640. The Labute approximate surface area is 109 Å². The molecule has 0 heterocycles. The summed E-state index contributed by atoms with van der Waals surface area (Å²) in [6.07, 6.45) is 6.29. The predicted molar refractivity (Wildman–Crippen MR) is 70.0 cm³/mol. The van der Waals surface area contributed by atoms with E-state index in [0.29, 0.717) is 10.6 Å². The molecule has 0 amide bonds. The van der Waals surface area contributed by atoms with Crippen molar-refractivity contribution in [3.63, 3.8) is 0 Å². The number of carbonyl (C=O) groups is 1. The average molecular weight is 300 g/mol. The normalized spacial score (nSPS) is 15.8. The number of Topliss-reactive ketones (excluding diaryl/α,β-unsaturated/α-hetero) is 1. The van der Waals surface area contributed by atoms with E-state index in [1.54, 1.807) is 18.2 Å². The van der Waals surface area contributed by atoms with Crippen molar-refractivity contribution in [1.82, 2.24) is 0 Å². The van der Waals surface area contributed by atoms with Crippen LogP contribution in [-0.4, -0.2) is 5.78 Å². The maximum atomic E-state index is 12.2. The molecule has 3 heteroatoms. The van der Waals surface area contributed by atoms with Crippen LogP contribution >= 0.6 is 27.5 Å². The number of hydrogen-bond donors (Lipinski definition) is 0. The quantitative estimate of drug-likeness (QED) is 0.718. The molecule has 0 aromatic heterocycles. The van der Waals surface area contributed by atoms with Gasteiger partial charge < -0.3 is 0 Å². The van der Waals surface area contributed by atoms with Gasteiger partial charge in [0.25, 0.3) is 0 Å². The number of hydrogen-bond acceptors (Lipinski definition) is 1. The maximum absolute atomic E-state index is 12.2. The van der Waals surface area contributed by atoms with Gasteiger partial charge in [0.1, 0.15) is 0 Å². The Morgan fingerprint density at radius 3 is 2.75 bits per heavy atom. The van der Waals surface area contributed by atoms with Crippen molar-refractivity contribution < 1.29 is 4.79 Å². The Morgan fingerprint density at radius 2 is 2.12 bits per heavy atom. The van der Waals surface area contributed by atoms with Crippen LogP contribution in [0, 0.1) is 0 Å². The van der Waals surface area contributed by atoms with Crippen LogP contribution < -0.4 is 0 Å². The second-order valence-electron chi connectivity index (χ2n) is 3.93. The van der Waals surface area contributed by atoms with Crippen LogP contribution in [0.4, 0.5) is 0 Å². The van der Waals surface area contributed by atoms with Gasteiger partial charge in [0, 0.05) is 15.1 Å². The number of rotatable bonds is 2. The number of carbonyl (C=O) groups excluding carboxylic acids is 1. The second-order valence-corrected chi connectivity index (χ2v) is 5.22. The van der Waals surface area contributed by atoms with E-state index >= 15 is 0 Å². The molecule has 1 aliphatic carbocycles. The third-order valence-electron chi connectivity index (χ3n) is 2.76. The smallest absolute Gasteiger partial charge is 0.189 e. The molecule has 0 N–H and O–H groups in total. The minimum Gasteiger partial charge on any atom is -0.289 e. The molecule has 0 spiro atoms. The van der Waals surface area contributed by atoms with Gasteiger partial charge in [-0.3, -0.25) is 4.79 Å². The van der Waals surface area contributed by atoms with E-state index in [1.165, 1.54) is 6.42 Å². The molecule has 0 fully saturated rings. The molecule has 0 atom stereocenters. The molecule has 0 unspecified atom stereocenters. The van der Waals surface area contributed by atoms with Crippen LogP contribution in [-0.2, 0) is 0 Å². The number of ketones is 1. The van der Waals surface area contributed by atoms with Gasteiger partial charge >= 0.3 is 0 Å². The molecule has 1 aromatic carbocycles. The fourth-order valence-corrected chi connectivity index (χ4v) is 2.75. The molecule has 0 aliphatic heterocycles. The first kappa shape index (κ1) is 11.9. The fraction of sp³-hybridized carbons (Fsp3) is 0.308. The first-order chi connectivity index (χ1) is 7.68. The highest BCUT2D eigenvalue weighted by Crippen LogP contribution is 2.27. The molecule has 1 nitrogen and oxygen atoms in total. The van der Waals surface area contributed by atoms with Crippen LogP contribution in [0.25, 0.3) is 0 Å². The summed E-state index contributed by atoms with van der Waals surface area (Å²) in [5.41, 5.74) is 1.65. The molecule has 0 radical (unpaired) electrons. The Balaban J connectivity index is 2.30. The summed E-state index contributed by atoms with van der Waals surface area (Å²) in [4.78, 5) is 12.2. The lowest BCUT2D eigenvalue weighted by Crippen LogP contribution is -2.07. The molecular weight excluding hydrogens is 287 g/mol. The highest BCUT2D eigenvalue weighted by Gasteiger charge is 2.16. The number of benzene rings is 1. The highest BCUT2D eigenvalue weighted by atomic mass is 79.9. The summed E-state index contributed by atoms with van der Waals surface area (Å²) in [6.45, 7) is 0. The fourth-order valence-electron chi connectivity index (χ4n) is 1.89. The van der Waals surface area contributed by atoms with E-state index < -0.39 is 0 Å². The molecule has 1 aromatic rings. The summed E-state index contributed by atoms with van der Waals surface area (Å²) in [6, 6.07) is 5.30. The third kappa shape index (κ3) is 2.55. The van der Waals surface area contributed by atoms with Crippen molar-refractivity contribution in [2.75, 3.05) is 0 Å². The van der Waals surface area contributed by atoms with E-state index in [9.17, 15) is 4.79 Å². The van der Waals surface area contributed by atoms with E-state index in [4.69, 9.17) is 11.6 Å². The molecule has 2 rings (SSSR count). The van der Waals surface area contributed by atoms with Crippen molar-refractivity contribution in [1.29, 1.82) is 0 Å². The standard InChI is InChI=1S/C13H12BrClO/c14-12-8-10(15)6-7-11(12)13(16)9-4-2-1-3-5-9/h4,6-8H,1-3,5H2. The first-order valence-electron chi connectivity index (χ1n) is 5.37. The lowest BCUT2D eigenvalue weighted by atomic mass is 9.93. The highest BCUT2D eigenvalue weighted by molar-refractivity contribution is 9.10. The third-order valence-corrected chi connectivity index (χ3v) is 3.65. The monoisotopic (exact) mass is 298 g/mol. The largest absolute Gasteiger partial charge is 0.289 e. The minimum absolute atomic E-state index is 0.128. The van der Waals surface area contributed by atoms with Crippen molar-refractivity contribution in [2.45, 2.75) is 25.7 Å². The van der Waals surface area contributed by atoms with Crippen molar-refractivity contribution in [3.05, 3.63) is 44.9 Å². The van der Waals surface area contributed by atoms with Crippen LogP contribution in [0.1, 0.15) is 36.0 Å². The summed E-state index contributed by atoms with van der Waals surface area (Å²) >= 11 is 9.23. The van der Waals surface area contributed by atoms with E-state index in [-0.39, 0.29) is 5.78 Å². The Morgan fingerprint density at radius 1 is 1.31 bits per heavy atom. The maximum Gasteiger partial charge on any atom is 0.189 e. The Bertz CT molecular complexity index is 451. The number of halogens is 2. The molecular formula is C13H12BrClO. The van der Waals surface area contributed by atoms with Crippen LogP contribution in [0.5, 0.6) is 0 Å². The van der Waals surface area contributed by atoms with Gasteiger partial charge in [-0.25, -0.2) is 0 Å². The summed E-state index contributed by atoms with van der Waals surface area (Å²) < 4.78 is 0.775. The topological polar surface area (TPSA) is 17.1 Å². The first-order valence-corrected chi connectivity index (χ1v) is 6.54. The van der Waals surface area contributed by atoms with Gasteiger partial charge in [-0.05, 0) is 65.4 Å². The SMILES string of the molecule is O=C(C1=CCCCC1)c1ccc(Cl)cc1Br. The van der Waals surface area contributed by atoms with Gasteiger partial charge in [0.05, 0.1) is 0 Å². The average Bonchev–Trinajstić information content (AvgIpc) is 2.29.